The zero-order valence-electron chi connectivity index (χ0n) is 15.7. The number of fused-ring (bicyclic) bond motifs is 3. The first-order chi connectivity index (χ1) is 13.4. The Hall–Kier alpha value is -2.36. The van der Waals surface area contributed by atoms with Crippen LogP contribution in [0.1, 0.15) is 44.6 Å². The molecule has 1 atom stereocenters. The van der Waals surface area contributed by atoms with E-state index in [0.717, 1.165) is 6.07 Å². The summed E-state index contributed by atoms with van der Waals surface area (Å²) >= 11 is 0. The summed E-state index contributed by atoms with van der Waals surface area (Å²) in [5.74, 6) is -2.48. The van der Waals surface area contributed by atoms with E-state index >= 15 is 0 Å². The smallest absolute Gasteiger partial charge is 0.419 e. The normalized spacial score (nSPS) is 28.7. The van der Waals surface area contributed by atoms with Crippen LogP contribution >= 0.6 is 0 Å². The summed E-state index contributed by atoms with van der Waals surface area (Å²) in [7, 11) is 0. The quantitative estimate of drug-likeness (QED) is 0.641. The molecule has 0 heterocycles. The fraction of sp³-hybridized carbons (Fsp3) is 0.579. The molecule has 3 aliphatic carbocycles. The number of aliphatic hydroxyl groups excluding tert-OH is 1. The number of ether oxygens (including phenoxy) is 1. The van der Waals surface area contributed by atoms with Crippen LogP contribution < -0.4 is 15.4 Å². The lowest BCUT2D eigenvalue weighted by molar-refractivity contribution is -0.140. The van der Waals surface area contributed by atoms with Crippen molar-refractivity contribution in [3.63, 3.8) is 0 Å². The van der Waals surface area contributed by atoms with E-state index in [1.165, 1.54) is 6.92 Å². The number of hydrogen-bond acceptors (Lipinski definition) is 4. The molecular formula is C19H22F4N2O4. The van der Waals surface area contributed by atoms with Crippen LogP contribution in [0.2, 0.25) is 0 Å². The van der Waals surface area contributed by atoms with E-state index in [-0.39, 0.29) is 18.1 Å². The van der Waals surface area contributed by atoms with Crippen molar-refractivity contribution in [1.82, 2.24) is 10.6 Å². The lowest BCUT2D eigenvalue weighted by Gasteiger charge is -2.56. The van der Waals surface area contributed by atoms with Crippen molar-refractivity contribution in [3.8, 4) is 5.75 Å². The number of rotatable bonds is 5. The topological polar surface area (TPSA) is 87.7 Å². The maximum atomic E-state index is 13.3. The molecule has 6 nitrogen and oxygen atoms in total. The highest BCUT2D eigenvalue weighted by atomic mass is 19.4. The number of alkyl halides is 3. The maximum absolute atomic E-state index is 13.3. The van der Waals surface area contributed by atoms with Gasteiger partial charge in [-0.3, -0.25) is 9.59 Å². The van der Waals surface area contributed by atoms with E-state index in [1.807, 2.05) is 0 Å². The van der Waals surface area contributed by atoms with Gasteiger partial charge in [-0.25, -0.2) is 4.39 Å². The zero-order chi connectivity index (χ0) is 21.4. The SMILES string of the molecule is CC(=O)NC12CCC(NC(=O)COc3ccc(F)c(C(F)(F)F)c3)(CC1)C[C@@H]2O. The highest BCUT2D eigenvalue weighted by Gasteiger charge is 2.55. The number of amides is 2. The van der Waals surface area contributed by atoms with Crippen molar-refractivity contribution >= 4 is 11.8 Å². The van der Waals surface area contributed by atoms with Crippen LogP contribution in [0.5, 0.6) is 5.75 Å². The highest BCUT2D eigenvalue weighted by Crippen LogP contribution is 2.47. The maximum Gasteiger partial charge on any atom is 0.419 e. The number of halogens is 4. The Bertz CT molecular complexity index is 804. The third-order valence-electron chi connectivity index (χ3n) is 5.76. The minimum absolute atomic E-state index is 0.228. The largest absolute Gasteiger partial charge is 0.484 e. The van der Waals surface area contributed by atoms with E-state index in [1.54, 1.807) is 0 Å². The predicted octanol–water partition coefficient (Wildman–Crippen LogP) is 2.29. The van der Waals surface area contributed by atoms with Crippen LogP contribution in [0.25, 0.3) is 0 Å². The van der Waals surface area contributed by atoms with Gasteiger partial charge in [0.2, 0.25) is 5.91 Å². The van der Waals surface area contributed by atoms with Crippen molar-refractivity contribution in [2.75, 3.05) is 6.61 Å². The Morgan fingerprint density at radius 2 is 1.86 bits per heavy atom. The van der Waals surface area contributed by atoms with Gasteiger partial charge in [-0.15, -0.1) is 0 Å². The molecule has 0 spiro atoms. The molecule has 10 heteroatoms. The molecule has 3 fully saturated rings. The van der Waals surface area contributed by atoms with E-state index in [0.29, 0.717) is 37.8 Å². The minimum atomic E-state index is -4.87. The van der Waals surface area contributed by atoms with Crippen molar-refractivity contribution in [1.29, 1.82) is 0 Å². The molecule has 3 saturated carbocycles. The summed E-state index contributed by atoms with van der Waals surface area (Å²) in [4.78, 5) is 23.7. The third kappa shape index (κ3) is 4.47. The molecular weight excluding hydrogens is 396 g/mol. The molecule has 0 aliphatic heterocycles. The summed E-state index contributed by atoms with van der Waals surface area (Å²) < 4.78 is 56.7. The highest BCUT2D eigenvalue weighted by molar-refractivity contribution is 5.78. The van der Waals surface area contributed by atoms with Crippen LogP contribution in [-0.4, -0.2) is 40.7 Å². The average Bonchev–Trinajstić information content (AvgIpc) is 2.61. The molecule has 160 valence electrons. The summed E-state index contributed by atoms with van der Waals surface area (Å²) in [6.07, 6.45) is -3.33. The van der Waals surface area contributed by atoms with Crippen molar-refractivity contribution in [3.05, 3.63) is 29.6 Å². The number of nitrogens with one attached hydrogen (secondary N) is 2. The number of hydrogen-bond donors (Lipinski definition) is 3. The Kier molecular flexibility index (Phi) is 5.50. The van der Waals surface area contributed by atoms with Gasteiger partial charge in [0, 0.05) is 12.5 Å². The van der Waals surface area contributed by atoms with E-state index in [4.69, 9.17) is 4.74 Å². The van der Waals surface area contributed by atoms with Gasteiger partial charge in [-0.05, 0) is 50.3 Å². The fourth-order valence-corrected chi connectivity index (χ4v) is 4.30. The molecule has 0 unspecified atom stereocenters. The fourth-order valence-electron chi connectivity index (χ4n) is 4.30. The molecule has 0 radical (unpaired) electrons. The first-order valence-electron chi connectivity index (χ1n) is 9.22. The molecule has 2 bridgehead atoms. The van der Waals surface area contributed by atoms with Crippen LogP contribution in [0.3, 0.4) is 0 Å². The summed E-state index contributed by atoms with van der Waals surface area (Å²) in [5.41, 5.74) is -2.80. The standard InChI is InChI=1S/C19H22F4N2O4/c1-11(26)24-18-6-4-17(5-7-18,9-15(18)27)25-16(28)10-29-12-2-3-14(20)13(8-12)19(21,22)23/h2-3,8,15,27H,4-7,9-10H2,1H3,(H,24,26)(H,25,28)/t15-,17?,18?/m0/s1. The second-order valence-corrected chi connectivity index (χ2v) is 7.81. The average molecular weight is 418 g/mol. The Morgan fingerprint density at radius 1 is 1.21 bits per heavy atom. The lowest BCUT2D eigenvalue weighted by Crippen LogP contribution is -2.70. The molecule has 2 amide bonds. The molecule has 0 aromatic heterocycles. The molecule has 1 aromatic rings. The van der Waals surface area contributed by atoms with Crippen LogP contribution in [-0.2, 0) is 15.8 Å². The van der Waals surface area contributed by atoms with Gasteiger partial charge in [0.25, 0.3) is 5.91 Å². The molecule has 29 heavy (non-hydrogen) atoms. The van der Waals surface area contributed by atoms with Gasteiger partial charge in [0.05, 0.1) is 17.2 Å². The third-order valence-corrected chi connectivity index (χ3v) is 5.76. The van der Waals surface area contributed by atoms with Gasteiger partial charge in [0.15, 0.2) is 6.61 Å². The van der Waals surface area contributed by atoms with Crippen molar-refractivity contribution in [2.24, 2.45) is 0 Å². The Morgan fingerprint density at radius 3 is 2.41 bits per heavy atom. The summed E-state index contributed by atoms with van der Waals surface area (Å²) in [6, 6.07) is 2.16. The number of aliphatic hydroxyl groups is 1. The van der Waals surface area contributed by atoms with Crippen LogP contribution in [0.4, 0.5) is 17.6 Å². The predicted molar refractivity (Wildman–Crippen MR) is 93.4 cm³/mol. The van der Waals surface area contributed by atoms with Crippen molar-refractivity contribution < 1.29 is 37.0 Å². The van der Waals surface area contributed by atoms with Crippen molar-refractivity contribution in [2.45, 2.75) is 62.4 Å². The minimum Gasteiger partial charge on any atom is -0.484 e. The molecule has 3 N–H and O–H groups in total. The first-order valence-corrected chi connectivity index (χ1v) is 9.22. The summed E-state index contributed by atoms with van der Waals surface area (Å²) in [5, 5.41) is 16.1. The first kappa shape index (κ1) is 21.4. The van der Waals surface area contributed by atoms with E-state index < -0.39 is 47.3 Å². The molecule has 1 aromatic carbocycles. The van der Waals surface area contributed by atoms with Gasteiger partial charge in [-0.1, -0.05) is 0 Å². The van der Waals surface area contributed by atoms with Crippen LogP contribution in [0.15, 0.2) is 18.2 Å². The van der Waals surface area contributed by atoms with E-state index in [9.17, 15) is 32.3 Å². The number of carbonyl (C=O) groups is 2. The molecule has 4 rings (SSSR count). The zero-order valence-corrected chi connectivity index (χ0v) is 15.7. The van der Waals surface area contributed by atoms with Gasteiger partial charge >= 0.3 is 6.18 Å². The number of carbonyl (C=O) groups excluding carboxylic acids is 2. The summed E-state index contributed by atoms with van der Waals surface area (Å²) in [6.45, 7) is 0.842. The van der Waals surface area contributed by atoms with Crippen LogP contribution in [0, 0.1) is 5.82 Å². The molecule has 3 aliphatic rings. The Labute approximate surface area is 164 Å². The van der Waals surface area contributed by atoms with Gasteiger partial charge in [0.1, 0.15) is 11.6 Å². The Balaban J connectivity index is 1.59. The van der Waals surface area contributed by atoms with Gasteiger partial charge < -0.3 is 20.5 Å². The number of benzene rings is 1. The monoisotopic (exact) mass is 418 g/mol. The van der Waals surface area contributed by atoms with E-state index in [2.05, 4.69) is 10.6 Å². The van der Waals surface area contributed by atoms with Gasteiger partial charge in [-0.2, -0.15) is 13.2 Å². The second-order valence-electron chi connectivity index (χ2n) is 7.81. The lowest BCUT2D eigenvalue weighted by atomic mass is 9.60. The second kappa shape index (κ2) is 7.47. The molecule has 0 saturated heterocycles.